The predicted molar refractivity (Wildman–Crippen MR) is 46.8 cm³/mol. The van der Waals surface area contributed by atoms with E-state index in [0.29, 0.717) is 0 Å². The van der Waals surface area contributed by atoms with Gasteiger partial charge >= 0.3 is 5.97 Å². The Kier molecular flexibility index (Phi) is 2.90. The molecular formula is C9H9NO2. The first kappa shape index (κ1) is 8.33. The monoisotopic (exact) mass is 163 g/mol. The van der Waals surface area contributed by atoms with Crippen LogP contribution >= 0.6 is 0 Å². The van der Waals surface area contributed by atoms with E-state index in [0.717, 1.165) is 11.8 Å². The van der Waals surface area contributed by atoms with Crippen LogP contribution in [-0.4, -0.2) is 11.1 Å². The number of aliphatic carboxylic acids is 1. The molecule has 0 aliphatic rings. The molecule has 0 spiro atoms. The van der Waals surface area contributed by atoms with Crippen molar-refractivity contribution in [3.05, 3.63) is 42.6 Å². The second kappa shape index (κ2) is 4.18. The van der Waals surface area contributed by atoms with E-state index in [1.807, 2.05) is 30.3 Å². The summed E-state index contributed by atoms with van der Waals surface area (Å²) in [5.41, 5.74) is 0.870. The minimum absolute atomic E-state index is 0.870. The van der Waals surface area contributed by atoms with E-state index < -0.39 is 5.97 Å². The Balaban J connectivity index is 2.49. The molecule has 12 heavy (non-hydrogen) atoms. The van der Waals surface area contributed by atoms with Gasteiger partial charge < -0.3 is 10.4 Å². The molecule has 0 aromatic heterocycles. The summed E-state index contributed by atoms with van der Waals surface area (Å²) in [7, 11) is 0. The number of carbonyl (C=O) groups is 1. The van der Waals surface area contributed by atoms with Crippen LogP contribution in [0.5, 0.6) is 0 Å². The van der Waals surface area contributed by atoms with Crippen LogP contribution in [-0.2, 0) is 4.79 Å². The van der Waals surface area contributed by atoms with Crippen molar-refractivity contribution in [1.29, 1.82) is 0 Å². The summed E-state index contributed by atoms with van der Waals surface area (Å²) in [4.78, 5) is 10.1. The zero-order valence-electron chi connectivity index (χ0n) is 6.40. The number of benzene rings is 1. The van der Waals surface area contributed by atoms with E-state index in [2.05, 4.69) is 5.32 Å². The van der Waals surface area contributed by atoms with Crippen molar-refractivity contribution >= 4 is 11.7 Å². The summed E-state index contributed by atoms with van der Waals surface area (Å²) < 4.78 is 0. The van der Waals surface area contributed by atoms with Gasteiger partial charge in [-0.05, 0) is 12.1 Å². The lowest BCUT2D eigenvalue weighted by molar-refractivity contribution is -0.131. The largest absolute Gasteiger partial charge is 0.478 e. The number of hydrogen-bond acceptors (Lipinski definition) is 2. The SMILES string of the molecule is O=C(O)/C=C/Nc1ccccc1. The highest BCUT2D eigenvalue weighted by molar-refractivity contribution is 5.80. The van der Waals surface area contributed by atoms with Gasteiger partial charge in [0.2, 0.25) is 0 Å². The summed E-state index contributed by atoms with van der Waals surface area (Å²) in [6, 6.07) is 9.35. The zero-order chi connectivity index (χ0) is 8.81. The number of carboxylic acid groups (broad SMARTS) is 1. The predicted octanol–water partition coefficient (Wildman–Crippen LogP) is 1.70. The van der Waals surface area contributed by atoms with E-state index in [4.69, 9.17) is 5.11 Å². The third-order valence-corrected chi connectivity index (χ3v) is 1.25. The van der Waals surface area contributed by atoms with Gasteiger partial charge in [0.15, 0.2) is 0 Å². The molecule has 62 valence electrons. The topological polar surface area (TPSA) is 49.3 Å². The van der Waals surface area contributed by atoms with Crippen LogP contribution in [0.1, 0.15) is 0 Å². The lowest BCUT2D eigenvalue weighted by Crippen LogP contribution is -1.91. The smallest absolute Gasteiger partial charge is 0.329 e. The molecular weight excluding hydrogens is 154 g/mol. The van der Waals surface area contributed by atoms with Crippen LogP contribution in [0.3, 0.4) is 0 Å². The third-order valence-electron chi connectivity index (χ3n) is 1.25. The average molecular weight is 163 g/mol. The maximum Gasteiger partial charge on any atom is 0.329 e. The van der Waals surface area contributed by atoms with Gasteiger partial charge in [-0.2, -0.15) is 0 Å². The number of nitrogens with one attached hydrogen (secondary N) is 1. The molecule has 0 unspecified atom stereocenters. The Morgan fingerprint density at radius 1 is 1.33 bits per heavy atom. The van der Waals surface area contributed by atoms with Crippen LogP contribution < -0.4 is 5.32 Å². The Bertz CT molecular complexity index is 280. The van der Waals surface area contributed by atoms with E-state index in [1.54, 1.807) is 0 Å². The van der Waals surface area contributed by atoms with Crippen LogP contribution in [0.25, 0.3) is 0 Å². The number of rotatable bonds is 3. The average Bonchev–Trinajstić information content (AvgIpc) is 2.05. The number of para-hydroxylation sites is 1. The lowest BCUT2D eigenvalue weighted by atomic mass is 10.3. The lowest BCUT2D eigenvalue weighted by Gasteiger charge is -1.96. The fraction of sp³-hybridized carbons (Fsp3) is 0. The number of hydrogen-bond donors (Lipinski definition) is 2. The summed E-state index contributed by atoms with van der Waals surface area (Å²) >= 11 is 0. The second-order valence-corrected chi connectivity index (χ2v) is 2.18. The van der Waals surface area contributed by atoms with Crippen molar-refractivity contribution in [3.63, 3.8) is 0 Å². The molecule has 3 nitrogen and oxygen atoms in total. The third kappa shape index (κ3) is 2.88. The molecule has 2 N–H and O–H groups in total. The minimum Gasteiger partial charge on any atom is -0.478 e. The standard InChI is InChI=1S/C9H9NO2/c11-9(12)6-7-10-8-4-2-1-3-5-8/h1-7,10H,(H,11,12)/b7-6+. The van der Waals surface area contributed by atoms with Gasteiger partial charge in [0.05, 0.1) is 0 Å². The van der Waals surface area contributed by atoms with Gasteiger partial charge in [-0.1, -0.05) is 18.2 Å². The zero-order valence-corrected chi connectivity index (χ0v) is 6.40. The molecule has 0 radical (unpaired) electrons. The van der Waals surface area contributed by atoms with E-state index in [9.17, 15) is 4.79 Å². The van der Waals surface area contributed by atoms with Crippen molar-refractivity contribution in [2.45, 2.75) is 0 Å². The molecule has 0 saturated carbocycles. The summed E-state index contributed by atoms with van der Waals surface area (Å²) in [5.74, 6) is -0.960. The van der Waals surface area contributed by atoms with Gasteiger partial charge in [-0.15, -0.1) is 0 Å². The highest BCUT2D eigenvalue weighted by Gasteiger charge is 1.85. The Morgan fingerprint density at radius 3 is 2.58 bits per heavy atom. The van der Waals surface area contributed by atoms with Gasteiger partial charge in [0.25, 0.3) is 0 Å². The number of anilines is 1. The molecule has 0 fully saturated rings. The second-order valence-electron chi connectivity index (χ2n) is 2.18. The van der Waals surface area contributed by atoms with Crippen LogP contribution in [0.2, 0.25) is 0 Å². The maximum absolute atomic E-state index is 10.1. The first-order valence-electron chi connectivity index (χ1n) is 3.50. The Morgan fingerprint density at radius 2 is 2.00 bits per heavy atom. The van der Waals surface area contributed by atoms with Gasteiger partial charge in [0, 0.05) is 18.0 Å². The summed E-state index contributed by atoms with van der Waals surface area (Å²) in [6.45, 7) is 0. The molecule has 0 amide bonds. The molecule has 3 heteroatoms. The Hall–Kier alpha value is -1.77. The van der Waals surface area contributed by atoms with Crippen molar-refractivity contribution in [3.8, 4) is 0 Å². The highest BCUT2D eigenvalue weighted by Crippen LogP contribution is 2.03. The van der Waals surface area contributed by atoms with Gasteiger partial charge in [0.1, 0.15) is 0 Å². The summed E-state index contributed by atoms with van der Waals surface area (Å²) in [5, 5.41) is 11.1. The van der Waals surface area contributed by atoms with E-state index in [-0.39, 0.29) is 0 Å². The van der Waals surface area contributed by atoms with Crippen molar-refractivity contribution in [2.24, 2.45) is 0 Å². The molecule has 0 aliphatic heterocycles. The molecule has 0 heterocycles. The van der Waals surface area contributed by atoms with Crippen LogP contribution in [0.15, 0.2) is 42.6 Å². The maximum atomic E-state index is 10.1. The molecule has 0 atom stereocenters. The Labute approximate surface area is 70.3 Å². The fourth-order valence-electron chi connectivity index (χ4n) is 0.744. The van der Waals surface area contributed by atoms with Gasteiger partial charge in [-0.3, -0.25) is 0 Å². The first-order valence-corrected chi connectivity index (χ1v) is 3.50. The number of carboxylic acids is 1. The molecule has 1 rings (SSSR count). The van der Waals surface area contributed by atoms with Gasteiger partial charge in [-0.25, -0.2) is 4.79 Å². The van der Waals surface area contributed by atoms with Crippen LogP contribution in [0, 0.1) is 0 Å². The summed E-state index contributed by atoms with van der Waals surface area (Å²) in [6.07, 6.45) is 2.44. The quantitative estimate of drug-likeness (QED) is 0.667. The molecule has 1 aromatic carbocycles. The van der Waals surface area contributed by atoms with Crippen molar-refractivity contribution in [1.82, 2.24) is 0 Å². The van der Waals surface area contributed by atoms with Crippen LogP contribution in [0.4, 0.5) is 5.69 Å². The molecule has 0 saturated heterocycles. The molecule has 0 bridgehead atoms. The minimum atomic E-state index is -0.960. The van der Waals surface area contributed by atoms with E-state index in [1.165, 1.54) is 6.20 Å². The van der Waals surface area contributed by atoms with Crippen molar-refractivity contribution in [2.75, 3.05) is 5.32 Å². The fourth-order valence-corrected chi connectivity index (χ4v) is 0.744. The highest BCUT2D eigenvalue weighted by atomic mass is 16.4. The van der Waals surface area contributed by atoms with E-state index >= 15 is 0 Å². The molecule has 1 aromatic rings. The first-order chi connectivity index (χ1) is 5.79. The normalized spacial score (nSPS) is 10.0. The van der Waals surface area contributed by atoms with Crippen molar-refractivity contribution < 1.29 is 9.90 Å². The molecule has 0 aliphatic carbocycles.